The standard InChI is InChI=1S/C24H23N3O10.C19H29N3O5.C9H15NO3/c28-21(13-16-1-3-18(4-2-16)26(31)32)35-14-24(22(29)17-9-11-25(24)12-10-17)15-36-23(30)37-20-7-5-19(6-8-20)27(33)34;23-16-15-5-11-22(12-6-15)19(16,13-26-17(24)20-7-1-2-8-20)14-27-18(25)21-9-3-4-10-21;1-13-9(6-11)8(12)7-2-4-10(9)5-3-7/h1-8,17H,9-15H2;15H,1-14H2;7,11H,2-6H2,1H3. The van der Waals surface area contributed by atoms with Crippen molar-refractivity contribution in [3.8, 4) is 5.75 Å². The number of benzene rings is 2. The summed E-state index contributed by atoms with van der Waals surface area (Å²) >= 11 is 0. The molecule has 11 saturated heterocycles. The van der Waals surface area contributed by atoms with Crippen molar-refractivity contribution < 1.29 is 76.9 Å². The quantitative estimate of drug-likeness (QED) is 0.0868. The predicted octanol–water partition coefficient (Wildman–Crippen LogP) is 3.94. The molecule has 25 nitrogen and oxygen atoms in total. The van der Waals surface area contributed by atoms with E-state index in [4.69, 9.17) is 28.4 Å². The number of aliphatic hydroxyl groups excluding tert-OH is 1. The first-order valence-corrected chi connectivity index (χ1v) is 26.4. The lowest BCUT2D eigenvalue weighted by Gasteiger charge is -2.51. The summed E-state index contributed by atoms with van der Waals surface area (Å²) in [4.78, 5) is 117. The number of ketones is 3. The van der Waals surface area contributed by atoms with E-state index in [0.717, 1.165) is 77.5 Å². The molecule has 11 aliphatic rings. The molecule has 418 valence electrons. The van der Waals surface area contributed by atoms with Crippen LogP contribution in [0.1, 0.15) is 69.8 Å². The molecule has 2 aromatic carbocycles. The van der Waals surface area contributed by atoms with Gasteiger partial charge in [-0.3, -0.25) is 54.1 Å². The fourth-order valence-electron chi connectivity index (χ4n) is 11.8. The molecule has 11 heterocycles. The van der Waals surface area contributed by atoms with Gasteiger partial charge >= 0.3 is 24.3 Å². The van der Waals surface area contributed by atoms with Crippen molar-refractivity contribution in [2.24, 2.45) is 17.8 Å². The second-order valence-electron chi connectivity index (χ2n) is 20.7. The Bertz CT molecular complexity index is 2380. The molecule has 11 aliphatic heterocycles. The third kappa shape index (κ3) is 12.4. The Labute approximate surface area is 444 Å². The molecule has 2 amide bonds. The predicted molar refractivity (Wildman–Crippen MR) is 267 cm³/mol. The molecule has 0 spiro atoms. The van der Waals surface area contributed by atoms with Crippen molar-refractivity contribution >= 4 is 53.0 Å². The van der Waals surface area contributed by atoms with Gasteiger partial charge in [0, 0.05) is 115 Å². The Hall–Kier alpha value is -6.67. The van der Waals surface area contributed by atoms with Crippen LogP contribution in [0.4, 0.5) is 25.8 Å². The van der Waals surface area contributed by atoms with Crippen LogP contribution in [-0.4, -0.2) is 204 Å². The van der Waals surface area contributed by atoms with Gasteiger partial charge < -0.3 is 43.3 Å². The number of carbonyl (C=O) groups is 7. The van der Waals surface area contributed by atoms with E-state index in [9.17, 15) is 58.9 Å². The summed E-state index contributed by atoms with van der Waals surface area (Å²) < 4.78 is 32.1. The smallest absolute Gasteiger partial charge is 0.463 e. The molecule has 2 unspecified atom stereocenters. The monoisotopic (exact) mass is 1080 g/mol. The van der Waals surface area contributed by atoms with Crippen molar-refractivity contribution in [2.75, 3.05) is 106 Å². The van der Waals surface area contributed by atoms with Crippen LogP contribution in [-0.2, 0) is 49.3 Å². The maximum Gasteiger partial charge on any atom is 0.513 e. The number of likely N-dealkylation sites (tertiary alicyclic amines) is 2. The highest BCUT2D eigenvalue weighted by Crippen LogP contribution is 2.40. The molecule has 0 aliphatic carbocycles. The number of carbonyl (C=O) groups excluding carboxylic acids is 7. The number of amides is 2. The van der Waals surface area contributed by atoms with Crippen LogP contribution in [0, 0.1) is 38.0 Å². The van der Waals surface area contributed by atoms with Gasteiger partial charge in [0.25, 0.3) is 11.4 Å². The van der Waals surface area contributed by atoms with Crippen LogP contribution in [0.3, 0.4) is 0 Å². The molecule has 2 aromatic rings. The number of Topliss-reactive ketones (excluding diaryl/α,β-unsaturated/α-hetero) is 3. The minimum absolute atomic E-state index is 0.0222. The second kappa shape index (κ2) is 24.8. The first-order chi connectivity index (χ1) is 37.0. The number of piperidine rings is 9. The average molecular weight is 1080 g/mol. The van der Waals surface area contributed by atoms with Gasteiger partial charge in [-0.15, -0.1) is 0 Å². The molecular weight excluding hydrogens is 1010 g/mol. The van der Waals surface area contributed by atoms with Gasteiger partial charge in [-0.2, -0.15) is 0 Å². The Morgan fingerprint density at radius 1 is 0.558 bits per heavy atom. The number of hydrogen-bond donors (Lipinski definition) is 1. The summed E-state index contributed by atoms with van der Waals surface area (Å²) in [5.74, 6) is -0.835. The normalized spacial score (nSPS) is 28.4. The van der Waals surface area contributed by atoms with E-state index in [1.165, 1.54) is 55.6 Å². The van der Waals surface area contributed by atoms with E-state index in [1.807, 2.05) is 9.80 Å². The van der Waals surface area contributed by atoms with Gasteiger partial charge in [0.15, 0.2) is 17.3 Å². The number of hydrogen-bond acceptors (Lipinski definition) is 21. The molecule has 0 saturated carbocycles. The highest BCUT2D eigenvalue weighted by Gasteiger charge is 2.57. The summed E-state index contributed by atoms with van der Waals surface area (Å²) in [6.45, 7) is 6.20. The van der Waals surface area contributed by atoms with Crippen molar-refractivity contribution in [1.29, 1.82) is 0 Å². The number of aliphatic hydroxyl groups is 1. The average Bonchev–Trinajstić information content (AvgIpc) is 4.24. The van der Waals surface area contributed by atoms with E-state index >= 15 is 0 Å². The van der Waals surface area contributed by atoms with Crippen LogP contribution in [0.5, 0.6) is 5.75 Å². The fraction of sp³-hybridized carbons (Fsp3) is 0.635. The van der Waals surface area contributed by atoms with Crippen LogP contribution >= 0.6 is 0 Å². The van der Waals surface area contributed by atoms with Crippen LogP contribution in [0.15, 0.2) is 48.5 Å². The number of non-ortho nitro benzene ring substituents is 2. The van der Waals surface area contributed by atoms with Crippen LogP contribution < -0.4 is 4.74 Å². The minimum Gasteiger partial charge on any atom is -0.463 e. The molecule has 0 radical (unpaired) electrons. The lowest BCUT2D eigenvalue weighted by Crippen LogP contribution is -2.69. The van der Waals surface area contributed by atoms with Gasteiger partial charge in [-0.05, 0) is 81.9 Å². The van der Waals surface area contributed by atoms with E-state index in [1.54, 1.807) is 9.80 Å². The first kappa shape index (κ1) is 56.5. The van der Waals surface area contributed by atoms with Crippen molar-refractivity contribution in [3.63, 3.8) is 0 Å². The Balaban J connectivity index is 0.000000170. The zero-order valence-electron chi connectivity index (χ0n) is 43.3. The molecule has 1 N–H and O–H groups in total. The maximum absolute atomic E-state index is 13.3. The first-order valence-electron chi connectivity index (χ1n) is 26.4. The minimum atomic E-state index is -1.36. The molecule has 6 bridgehead atoms. The largest absolute Gasteiger partial charge is 0.513 e. The van der Waals surface area contributed by atoms with E-state index in [-0.39, 0.29) is 97.3 Å². The number of nitrogens with zero attached hydrogens (tertiary/aromatic N) is 7. The zero-order valence-corrected chi connectivity index (χ0v) is 43.3. The molecule has 0 aromatic heterocycles. The van der Waals surface area contributed by atoms with Gasteiger partial charge in [0.05, 0.1) is 22.9 Å². The highest BCUT2D eigenvalue weighted by molar-refractivity contribution is 5.94. The number of fused-ring (bicyclic) bond motifs is 9. The molecule has 77 heavy (non-hydrogen) atoms. The van der Waals surface area contributed by atoms with E-state index in [0.29, 0.717) is 57.7 Å². The number of nitro groups is 2. The van der Waals surface area contributed by atoms with Gasteiger partial charge in [-0.1, -0.05) is 12.1 Å². The summed E-state index contributed by atoms with van der Waals surface area (Å²) in [7, 11) is 1.49. The number of esters is 1. The highest BCUT2D eigenvalue weighted by atomic mass is 16.7. The summed E-state index contributed by atoms with van der Waals surface area (Å²) in [5.41, 5.74) is -3.17. The molecular formula is C52H67N7O18. The van der Waals surface area contributed by atoms with Gasteiger partial charge in [-0.25, -0.2) is 14.4 Å². The third-order valence-corrected chi connectivity index (χ3v) is 16.4. The maximum atomic E-state index is 13.3. The van der Waals surface area contributed by atoms with Crippen molar-refractivity contribution in [3.05, 3.63) is 74.3 Å². The number of methoxy groups -OCH3 is 1. The second-order valence-corrected chi connectivity index (χ2v) is 20.7. The molecule has 11 fully saturated rings. The Morgan fingerprint density at radius 2 is 0.948 bits per heavy atom. The molecule has 2 atom stereocenters. The Kier molecular flexibility index (Phi) is 18.2. The molecule has 13 rings (SSSR count). The number of rotatable bonds is 15. The van der Waals surface area contributed by atoms with Crippen molar-refractivity contribution in [2.45, 2.75) is 87.4 Å². The van der Waals surface area contributed by atoms with Gasteiger partial charge in [0.2, 0.25) is 5.72 Å². The fourth-order valence-corrected chi connectivity index (χ4v) is 11.8. The molecule has 25 heteroatoms. The Morgan fingerprint density at radius 3 is 1.32 bits per heavy atom. The topological polar surface area (TPSA) is 298 Å². The van der Waals surface area contributed by atoms with E-state index in [2.05, 4.69) is 4.90 Å². The summed E-state index contributed by atoms with van der Waals surface area (Å²) in [6, 6.07) is 10.3. The van der Waals surface area contributed by atoms with Gasteiger partial charge in [0.1, 0.15) is 43.3 Å². The lowest BCUT2D eigenvalue weighted by atomic mass is 9.74. The van der Waals surface area contributed by atoms with Crippen LogP contribution in [0.2, 0.25) is 0 Å². The lowest BCUT2D eigenvalue weighted by molar-refractivity contribution is -0.385. The SMILES string of the molecule is COC1(CO)C(=O)C2CCN1CC2.O=C(Cc1ccc([N+](=O)[O-])cc1)OCC1(COC(=O)Oc2ccc([N+](=O)[O-])cc2)C(=O)C2CCN1CC2.O=C(OCC1(COC(=O)N2CCCC2)C(=O)C2CCN1CC2)N1CCCC1. The third-order valence-electron chi connectivity index (χ3n) is 16.4. The zero-order chi connectivity index (χ0) is 54.9. The van der Waals surface area contributed by atoms with E-state index < -0.39 is 45.4 Å². The van der Waals surface area contributed by atoms with Crippen molar-refractivity contribution in [1.82, 2.24) is 24.5 Å². The number of nitro benzene ring substituents is 2. The summed E-state index contributed by atoms with van der Waals surface area (Å²) in [5, 5.41) is 30.8. The number of ether oxygens (including phenoxy) is 6. The van der Waals surface area contributed by atoms with Crippen LogP contribution in [0.25, 0.3) is 0 Å². The summed E-state index contributed by atoms with van der Waals surface area (Å²) in [6.07, 6.45) is 6.77.